The summed E-state index contributed by atoms with van der Waals surface area (Å²) in [5, 5.41) is 3.41. The van der Waals surface area contributed by atoms with Crippen molar-refractivity contribution >= 4 is 24.8 Å². The van der Waals surface area contributed by atoms with Crippen molar-refractivity contribution in [2.75, 3.05) is 26.2 Å². The van der Waals surface area contributed by atoms with Crippen LogP contribution in [0.3, 0.4) is 0 Å². The minimum Gasteiger partial charge on any atom is -0.371 e. The maximum Gasteiger partial charge on any atom is 0.0930 e. The van der Waals surface area contributed by atoms with Gasteiger partial charge in [-0.25, -0.2) is 0 Å². The molecule has 1 saturated heterocycles. The molecule has 1 unspecified atom stereocenters. The van der Waals surface area contributed by atoms with Gasteiger partial charge in [0.15, 0.2) is 0 Å². The highest BCUT2D eigenvalue weighted by Crippen LogP contribution is 2.32. The number of morpholine rings is 1. The van der Waals surface area contributed by atoms with Gasteiger partial charge < -0.3 is 15.8 Å². The Hall–Kier alpha value is 0.460. The highest BCUT2D eigenvalue weighted by molar-refractivity contribution is 5.85. The van der Waals surface area contributed by atoms with Gasteiger partial charge in [-0.05, 0) is 12.3 Å². The summed E-state index contributed by atoms with van der Waals surface area (Å²) in [7, 11) is 0. The average molecular weight is 285 g/mol. The third-order valence-corrected chi connectivity index (χ3v) is 3.89. The Morgan fingerprint density at radius 1 is 1.18 bits per heavy atom. The molecule has 5 heteroatoms. The van der Waals surface area contributed by atoms with Crippen molar-refractivity contribution in [3.8, 4) is 0 Å². The molecule has 1 aliphatic heterocycles. The van der Waals surface area contributed by atoms with Crippen LogP contribution in [0.5, 0.6) is 0 Å². The second kappa shape index (κ2) is 8.54. The molecule has 0 aromatic rings. The summed E-state index contributed by atoms with van der Waals surface area (Å²) in [4.78, 5) is 0. The molecule has 0 radical (unpaired) electrons. The van der Waals surface area contributed by atoms with Crippen LogP contribution in [0.2, 0.25) is 0 Å². The van der Waals surface area contributed by atoms with E-state index in [2.05, 4.69) is 5.32 Å². The monoisotopic (exact) mass is 284 g/mol. The summed E-state index contributed by atoms with van der Waals surface area (Å²) in [5.74, 6) is 0.849. The lowest BCUT2D eigenvalue weighted by Gasteiger charge is -2.40. The Morgan fingerprint density at radius 2 is 1.88 bits per heavy atom. The third kappa shape index (κ3) is 4.92. The van der Waals surface area contributed by atoms with Crippen LogP contribution >= 0.6 is 24.8 Å². The van der Waals surface area contributed by atoms with Crippen molar-refractivity contribution in [3.63, 3.8) is 0 Å². The van der Waals surface area contributed by atoms with Gasteiger partial charge in [-0.2, -0.15) is 0 Å². The molecule has 2 fully saturated rings. The topological polar surface area (TPSA) is 47.3 Å². The van der Waals surface area contributed by atoms with Crippen LogP contribution < -0.4 is 11.1 Å². The van der Waals surface area contributed by atoms with E-state index in [4.69, 9.17) is 10.5 Å². The average Bonchev–Trinajstić information content (AvgIpc) is 2.32. The predicted molar refractivity (Wildman–Crippen MR) is 76.3 cm³/mol. The first-order chi connectivity index (χ1) is 7.35. The summed E-state index contributed by atoms with van der Waals surface area (Å²) < 4.78 is 5.93. The lowest BCUT2D eigenvalue weighted by atomic mass is 9.80. The molecule has 1 aliphatic carbocycles. The highest BCUT2D eigenvalue weighted by Gasteiger charge is 2.34. The van der Waals surface area contributed by atoms with Crippen molar-refractivity contribution < 1.29 is 4.74 Å². The Morgan fingerprint density at radius 3 is 2.41 bits per heavy atom. The molecule has 3 N–H and O–H groups in total. The Labute approximate surface area is 117 Å². The highest BCUT2D eigenvalue weighted by atomic mass is 35.5. The molecule has 1 atom stereocenters. The van der Waals surface area contributed by atoms with Crippen molar-refractivity contribution in [1.82, 2.24) is 5.32 Å². The van der Waals surface area contributed by atoms with Crippen LogP contribution in [-0.2, 0) is 4.74 Å². The van der Waals surface area contributed by atoms with E-state index in [1.807, 2.05) is 0 Å². The fraction of sp³-hybridized carbons (Fsp3) is 1.00. The van der Waals surface area contributed by atoms with E-state index >= 15 is 0 Å². The molecular weight excluding hydrogens is 259 g/mol. The van der Waals surface area contributed by atoms with Gasteiger partial charge >= 0.3 is 0 Å². The van der Waals surface area contributed by atoms with Crippen LogP contribution in [0.15, 0.2) is 0 Å². The summed E-state index contributed by atoms with van der Waals surface area (Å²) in [6.07, 6.45) is 8.15. The van der Waals surface area contributed by atoms with E-state index in [0.29, 0.717) is 6.54 Å². The number of nitrogens with one attached hydrogen (secondary N) is 1. The molecule has 17 heavy (non-hydrogen) atoms. The van der Waals surface area contributed by atoms with E-state index < -0.39 is 0 Å². The molecule has 2 rings (SSSR count). The molecule has 0 spiro atoms. The fourth-order valence-corrected chi connectivity index (χ4v) is 2.97. The lowest BCUT2D eigenvalue weighted by molar-refractivity contribution is -0.0759. The van der Waals surface area contributed by atoms with Crippen LogP contribution in [-0.4, -0.2) is 31.8 Å². The van der Waals surface area contributed by atoms with Crippen LogP contribution in [0, 0.1) is 5.92 Å². The second-order valence-electron chi connectivity index (χ2n) is 5.12. The second-order valence-corrected chi connectivity index (χ2v) is 5.12. The van der Waals surface area contributed by atoms with Gasteiger partial charge in [0.05, 0.1) is 12.2 Å². The first-order valence-corrected chi connectivity index (χ1v) is 6.39. The van der Waals surface area contributed by atoms with Gasteiger partial charge in [-0.15, -0.1) is 24.8 Å². The van der Waals surface area contributed by atoms with Gasteiger partial charge in [0.1, 0.15) is 0 Å². The van der Waals surface area contributed by atoms with E-state index in [9.17, 15) is 0 Å². The lowest BCUT2D eigenvalue weighted by Crippen LogP contribution is -2.55. The number of hydrogen-bond donors (Lipinski definition) is 2. The summed E-state index contributed by atoms with van der Waals surface area (Å²) in [6, 6.07) is 0. The third-order valence-electron chi connectivity index (χ3n) is 3.89. The molecule has 2 aliphatic rings. The first-order valence-electron chi connectivity index (χ1n) is 6.39. The quantitative estimate of drug-likeness (QED) is 0.835. The van der Waals surface area contributed by atoms with Gasteiger partial charge in [0.25, 0.3) is 0 Å². The van der Waals surface area contributed by atoms with E-state index in [1.54, 1.807) is 0 Å². The standard InChI is InChI=1S/C12H24N2O.2ClH/c13-9-12(10-14-6-7-15-12)8-11-4-2-1-3-5-11;;/h11,14H,1-10,13H2;2*1H. The fourth-order valence-electron chi connectivity index (χ4n) is 2.97. The molecule has 0 amide bonds. The Bertz CT molecular complexity index is 193. The summed E-state index contributed by atoms with van der Waals surface area (Å²) in [6.45, 7) is 3.41. The van der Waals surface area contributed by atoms with Crippen LogP contribution in [0.25, 0.3) is 0 Å². The number of halogens is 2. The number of nitrogens with two attached hydrogens (primary N) is 1. The minimum absolute atomic E-state index is 0. The summed E-state index contributed by atoms with van der Waals surface area (Å²) in [5.41, 5.74) is 5.84. The summed E-state index contributed by atoms with van der Waals surface area (Å²) >= 11 is 0. The van der Waals surface area contributed by atoms with Crippen molar-refractivity contribution in [1.29, 1.82) is 0 Å². The molecule has 0 aromatic carbocycles. The number of hydrogen-bond acceptors (Lipinski definition) is 3. The minimum atomic E-state index is -0.0553. The van der Waals surface area contributed by atoms with Gasteiger partial charge in [0.2, 0.25) is 0 Å². The number of ether oxygens (including phenoxy) is 1. The van der Waals surface area contributed by atoms with E-state index in [1.165, 1.54) is 32.1 Å². The Kier molecular flexibility index (Phi) is 8.77. The van der Waals surface area contributed by atoms with E-state index in [0.717, 1.165) is 32.0 Å². The SMILES string of the molecule is Cl.Cl.NCC1(CC2CCCCC2)CNCCO1. The van der Waals surface area contributed by atoms with Crippen molar-refractivity contribution in [2.45, 2.75) is 44.1 Å². The van der Waals surface area contributed by atoms with Gasteiger partial charge in [-0.1, -0.05) is 32.1 Å². The molecule has 1 saturated carbocycles. The first kappa shape index (κ1) is 17.5. The van der Waals surface area contributed by atoms with Crippen LogP contribution in [0.4, 0.5) is 0 Å². The zero-order valence-electron chi connectivity index (χ0n) is 10.5. The molecule has 104 valence electrons. The zero-order chi connectivity index (χ0) is 10.6. The molecule has 0 aromatic heterocycles. The predicted octanol–water partition coefficient (Wildman–Crippen LogP) is 2.12. The van der Waals surface area contributed by atoms with Gasteiger partial charge in [-0.3, -0.25) is 0 Å². The number of rotatable bonds is 3. The van der Waals surface area contributed by atoms with Crippen molar-refractivity contribution in [2.24, 2.45) is 11.7 Å². The maximum atomic E-state index is 5.93. The smallest absolute Gasteiger partial charge is 0.0930 e. The maximum absolute atomic E-state index is 5.93. The normalized spacial score (nSPS) is 30.2. The molecule has 0 bridgehead atoms. The van der Waals surface area contributed by atoms with Gasteiger partial charge in [0, 0.05) is 19.6 Å². The largest absolute Gasteiger partial charge is 0.371 e. The van der Waals surface area contributed by atoms with Crippen molar-refractivity contribution in [3.05, 3.63) is 0 Å². The molecular formula is C12H26Cl2N2O. The zero-order valence-corrected chi connectivity index (χ0v) is 12.1. The Balaban J connectivity index is 0.00000128. The molecule has 3 nitrogen and oxygen atoms in total. The molecule has 1 heterocycles. The van der Waals surface area contributed by atoms with Crippen LogP contribution in [0.1, 0.15) is 38.5 Å². The van der Waals surface area contributed by atoms with E-state index in [-0.39, 0.29) is 30.4 Å².